The van der Waals surface area contributed by atoms with Gasteiger partial charge in [-0.2, -0.15) is 0 Å². The van der Waals surface area contributed by atoms with Gasteiger partial charge in [-0.05, 0) is 71.7 Å². The van der Waals surface area contributed by atoms with Gasteiger partial charge in [0.25, 0.3) is 0 Å². The molecule has 0 aliphatic carbocycles. The number of nitrogens with zero attached hydrogens (tertiary/aromatic N) is 6. The Morgan fingerprint density at radius 1 is 0.886 bits per heavy atom. The van der Waals surface area contributed by atoms with Crippen LogP contribution >= 0.6 is 0 Å². The zero-order valence-electron chi connectivity index (χ0n) is 19.8. The summed E-state index contributed by atoms with van der Waals surface area (Å²) >= 11 is 0. The van der Waals surface area contributed by atoms with Gasteiger partial charge in [-0.1, -0.05) is 0 Å². The fraction of sp³-hybridized carbons (Fsp3) is 0.545. The summed E-state index contributed by atoms with van der Waals surface area (Å²) in [7, 11) is 4.18. The molecule has 2 aromatic rings. The van der Waals surface area contributed by atoms with Gasteiger partial charge in [-0.3, -0.25) is 0 Å². The highest BCUT2D eigenvalue weighted by Gasteiger charge is 2.19. The molecule has 0 unspecified atom stereocenters. The third-order valence-electron chi connectivity index (χ3n) is 5.46. The molecule has 0 radical (unpaired) electrons. The number of pyridine rings is 2. The first-order valence-corrected chi connectivity index (χ1v) is 11.2. The van der Waals surface area contributed by atoms with E-state index in [2.05, 4.69) is 33.9 Å². The molecule has 1 N–H and O–H groups in total. The van der Waals surface area contributed by atoms with Gasteiger partial charge in [0.05, 0.1) is 6.10 Å². The minimum absolute atomic E-state index is 0.0220. The molecule has 2 fully saturated rings. The number of aromatic nitrogens is 2. The lowest BCUT2D eigenvalue weighted by molar-refractivity contribution is -0.389. The fourth-order valence-corrected chi connectivity index (χ4v) is 3.32. The van der Waals surface area contributed by atoms with Crippen molar-refractivity contribution in [2.24, 2.45) is 0 Å². The summed E-state index contributed by atoms with van der Waals surface area (Å²) in [5.41, 5.74) is 0. The summed E-state index contributed by atoms with van der Waals surface area (Å²) < 4.78 is 17.8. The minimum atomic E-state index is -0.681. The van der Waals surface area contributed by atoms with E-state index >= 15 is 0 Å². The zero-order valence-corrected chi connectivity index (χ0v) is 19.8. The van der Waals surface area contributed by atoms with Gasteiger partial charge in [0.2, 0.25) is 0 Å². The van der Waals surface area contributed by atoms with E-state index < -0.39 is 15.7 Å². The maximum atomic E-state index is 12.1. The smallest absolute Gasteiger partial charge is 0.363 e. The van der Waals surface area contributed by atoms with Crippen molar-refractivity contribution in [3.8, 4) is 5.75 Å². The molecule has 35 heavy (non-hydrogen) atoms. The number of aliphatic hydroxyl groups excluding tert-OH is 1. The van der Waals surface area contributed by atoms with Crippen molar-refractivity contribution in [3.63, 3.8) is 0 Å². The van der Waals surface area contributed by atoms with Crippen LogP contribution in [0.4, 0.5) is 16.0 Å². The van der Waals surface area contributed by atoms with Crippen LogP contribution in [0.15, 0.2) is 36.7 Å². The standard InChI is InChI=1S/C11H15N3O3.C6H13NO.C5H3FN2O2/c1-13-6-4-9(5-7-13)17-10-2-3-11(12-8-10)14(15)16;1-7-4-2-6(8)3-5-7;6-4-1-2-5(7-3-4)8(9)10/h2-3,8-9H,4-7H2,1H3;6,8H,2-5H2,1H3;1-3H. The first-order chi connectivity index (χ1) is 16.6. The first kappa shape index (κ1) is 28.0. The first-order valence-electron chi connectivity index (χ1n) is 11.2. The SMILES string of the molecule is CN1CCC(O)CC1.CN1CCC(Oc2ccc([N+](=O)[O-])nc2)CC1.O=[N+]([O-])c1ccc(F)cn1. The molecule has 2 aliphatic rings. The normalized spacial score (nSPS) is 17.4. The molecule has 4 rings (SSSR count). The van der Waals surface area contributed by atoms with E-state index in [1.807, 2.05) is 0 Å². The molecule has 12 nitrogen and oxygen atoms in total. The monoisotopic (exact) mass is 494 g/mol. The molecule has 192 valence electrons. The molecule has 0 bridgehead atoms. The van der Waals surface area contributed by atoms with E-state index in [0.29, 0.717) is 5.75 Å². The Morgan fingerprint density at radius 3 is 1.77 bits per heavy atom. The number of hydrogen-bond donors (Lipinski definition) is 1. The summed E-state index contributed by atoms with van der Waals surface area (Å²) in [5, 5.41) is 29.4. The number of halogens is 1. The molecule has 2 saturated heterocycles. The quantitative estimate of drug-likeness (QED) is 0.497. The van der Waals surface area contributed by atoms with Crippen LogP contribution in [0, 0.1) is 26.0 Å². The lowest BCUT2D eigenvalue weighted by Crippen LogP contribution is -2.35. The second kappa shape index (κ2) is 14.2. The van der Waals surface area contributed by atoms with Crippen LogP contribution in [0.5, 0.6) is 5.75 Å². The van der Waals surface area contributed by atoms with E-state index in [0.717, 1.165) is 70.2 Å². The molecule has 4 heterocycles. The van der Waals surface area contributed by atoms with E-state index in [1.165, 1.54) is 12.3 Å². The Morgan fingerprint density at radius 2 is 1.37 bits per heavy atom. The second-order valence-electron chi connectivity index (χ2n) is 8.36. The molecule has 2 aliphatic heterocycles. The van der Waals surface area contributed by atoms with Gasteiger partial charge < -0.3 is 39.9 Å². The average Bonchev–Trinajstić information content (AvgIpc) is 2.84. The van der Waals surface area contributed by atoms with Gasteiger partial charge in [-0.15, -0.1) is 0 Å². The van der Waals surface area contributed by atoms with Crippen molar-refractivity contribution in [2.75, 3.05) is 40.3 Å². The van der Waals surface area contributed by atoms with Gasteiger partial charge in [0, 0.05) is 38.3 Å². The van der Waals surface area contributed by atoms with E-state index in [-0.39, 0.29) is 23.8 Å². The van der Waals surface area contributed by atoms with Crippen molar-refractivity contribution in [3.05, 3.63) is 62.7 Å². The maximum Gasteiger partial charge on any atom is 0.363 e. The van der Waals surface area contributed by atoms with Crippen molar-refractivity contribution in [1.82, 2.24) is 19.8 Å². The highest BCUT2D eigenvalue weighted by Crippen LogP contribution is 2.19. The van der Waals surface area contributed by atoms with Crippen molar-refractivity contribution < 1.29 is 24.1 Å². The summed E-state index contributed by atoms with van der Waals surface area (Å²) in [6, 6.07) is 4.97. The van der Waals surface area contributed by atoms with E-state index in [9.17, 15) is 24.6 Å². The molecular weight excluding hydrogens is 463 g/mol. The number of ether oxygens (including phenoxy) is 1. The van der Waals surface area contributed by atoms with Crippen LogP contribution in [-0.4, -0.2) is 87.2 Å². The summed E-state index contributed by atoms with van der Waals surface area (Å²) in [4.78, 5) is 30.6. The topological polar surface area (TPSA) is 148 Å². The molecular formula is C22H31FN6O6. The summed E-state index contributed by atoms with van der Waals surface area (Å²) in [6.45, 7) is 4.15. The van der Waals surface area contributed by atoms with Gasteiger partial charge >= 0.3 is 11.6 Å². The second-order valence-corrected chi connectivity index (χ2v) is 8.36. The lowest BCUT2D eigenvalue weighted by Gasteiger charge is -2.28. The third kappa shape index (κ3) is 10.7. The van der Waals surface area contributed by atoms with Crippen molar-refractivity contribution in [1.29, 1.82) is 0 Å². The minimum Gasteiger partial charge on any atom is -0.486 e. The van der Waals surface area contributed by atoms with Crippen molar-refractivity contribution >= 4 is 11.6 Å². The van der Waals surface area contributed by atoms with Crippen LogP contribution in [-0.2, 0) is 0 Å². The van der Waals surface area contributed by atoms with E-state index in [4.69, 9.17) is 9.84 Å². The zero-order chi connectivity index (χ0) is 25.8. The number of piperidine rings is 2. The third-order valence-corrected chi connectivity index (χ3v) is 5.46. The molecule has 0 atom stereocenters. The van der Waals surface area contributed by atoms with Gasteiger partial charge in [0.1, 0.15) is 6.10 Å². The summed E-state index contributed by atoms with van der Waals surface area (Å²) in [5.74, 6) is -0.474. The van der Waals surface area contributed by atoms with Gasteiger partial charge in [0.15, 0.2) is 24.0 Å². The van der Waals surface area contributed by atoms with Crippen LogP contribution < -0.4 is 4.74 Å². The molecule has 2 aromatic heterocycles. The average molecular weight is 495 g/mol. The molecule has 0 aromatic carbocycles. The summed E-state index contributed by atoms with van der Waals surface area (Å²) in [6.07, 6.45) is 6.25. The predicted octanol–water partition coefficient (Wildman–Crippen LogP) is 2.66. The Balaban J connectivity index is 0.000000204. The van der Waals surface area contributed by atoms with Crippen LogP contribution in [0.25, 0.3) is 0 Å². The number of hydrogen-bond acceptors (Lipinski definition) is 10. The highest BCUT2D eigenvalue weighted by molar-refractivity contribution is 5.27. The van der Waals surface area contributed by atoms with Gasteiger partial charge in [-0.25, -0.2) is 4.39 Å². The Hall–Kier alpha value is -3.29. The van der Waals surface area contributed by atoms with Crippen LogP contribution in [0.3, 0.4) is 0 Å². The Kier molecular flexibility index (Phi) is 11.3. The number of aliphatic hydroxyl groups is 1. The fourth-order valence-electron chi connectivity index (χ4n) is 3.32. The number of rotatable bonds is 4. The predicted molar refractivity (Wildman–Crippen MR) is 126 cm³/mol. The Bertz CT molecular complexity index is 907. The number of likely N-dealkylation sites (tertiary alicyclic amines) is 2. The van der Waals surface area contributed by atoms with Crippen LogP contribution in [0.1, 0.15) is 25.7 Å². The molecule has 0 saturated carbocycles. The van der Waals surface area contributed by atoms with E-state index in [1.54, 1.807) is 6.07 Å². The highest BCUT2D eigenvalue weighted by atomic mass is 19.1. The molecule has 0 spiro atoms. The lowest BCUT2D eigenvalue weighted by atomic mass is 10.1. The molecule has 13 heteroatoms. The Labute approximate surface area is 202 Å². The van der Waals surface area contributed by atoms with Crippen LogP contribution in [0.2, 0.25) is 0 Å². The molecule has 0 amide bonds. The van der Waals surface area contributed by atoms with Crippen molar-refractivity contribution in [2.45, 2.75) is 37.9 Å². The maximum absolute atomic E-state index is 12.1. The number of nitro groups is 2. The largest absolute Gasteiger partial charge is 0.486 e.